The topological polar surface area (TPSA) is 79.5 Å². The van der Waals surface area contributed by atoms with Crippen molar-refractivity contribution in [2.24, 2.45) is 5.92 Å². The molecule has 172 valence electrons. The monoisotopic (exact) mass is 433 g/mol. The van der Waals surface area contributed by atoms with Crippen molar-refractivity contribution in [1.29, 1.82) is 0 Å². The molecule has 1 unspecified atom stereocenters. The van der Waals surface area contributed by atoms with Crippen LogP contribution in [0.2, 0.25) is 0 Å². The lowest BCUT2D eigenvalue weighted by atomic mass is 9.95. The molecule has 3 N–H and O–H groups in total. The van der Waals surface area contributed by atoms with Gasteiger partial charge in [0.25, 0.3) is 5.91 Å². The van der Waals surface area contributed by atoms with Crippen molar-refractivity contribution in [3.05, 3.63) is 23.5 Å². The van der Waals surface area contributed by atoms with Gasteiger partial charge < -0.3 is 20.7 Å². The lowest BCUT2D eigenvalue weighted by molar-refractivity contribution is -0.144. The Hall–Kier alpha value is -2.31. The number of amides is 1. The van der Waals surface area contributed by atoms with Crippen LogP contribution in [-0.4, -0.2) is 37.6 Å². The fraction of sp³-hybridized carbons (Fsp3) is 0.667. The van der Waals surface area contributed by atoms with E-state index in [0.29, 0.717) is 35.9 Å². The van der Waals surface area contributed by atoms with Crippen molar-refractivity contribution in [3.63, 3.8) is 0 Å². The first-order chi connectivity index (χ1) is 15.0. The molecule has 2 fully saturated rings. The highest BCUT2D eigenvalue weighted by atomic mass is 19.1. The molecule has 2 saturated carbocycles. The predicted molar refractivity (Wildman–Crippen MR) is 121 cm³/mol. The SMILES string of the molecule is COC(=O)C(C)CCNC(=O)c1cc(F)c(NC2CCCCC2)cc1NC1CCCC1. The van der Waals surface area contributed by atoms with Crippen LogP contribution in [0.4, 0.5) is 15.8 Å². The van der Waals surface area contributed by atoms with E-state index in [1.54, 1.807) is 13.0 Å². The number of hydrogen-bond donors (Lipinski definition) is 3. The number of hydrogen-bond acceptors (Lipinski definition) is 5. The highest BCUT2D eigenvalue weighted by molar-refractivity contribution is 6.00. The van der Waals surface area contributed by atoms with E-state index in [-0.39, 0.29) is 23.8 Å². The molecule has 0 aliphatic heterocycles. The molecule has 3 rings (SSSR count). The minimum Gasteiger partial charge on any atom is -0.469 e. The van der Waals surface area contributed by atoms with Crippen LogP contribution in [0.15, 0.2) is 12.1 Å². The van der Waals surface area contributed by atoms with E-state index in [1.165, 1.54) is 32.4 Å². The minimum absolute atomic E-state index is 0.280. The number of benzene rings is 1. The van der Waals surface area contributed by atoms with Gasteiger partial charge in [-0.15, -0.1) is 0 Å². The van der Waals surface area contributed by atoms with Crippen LogP contribution < -0.4 is 16.0 Å². The molecule has 6 nitrogen and oxygen atoms in total. The van der Waals surface area contributed by atoms with Crippen molar-refractivity contribution >= 4 is 23.3 Å². The molecule has 1 aromatic carbocycles. The van der Waals surface area contributed by atoms with Crippen molar-refractivity contribution in [1.82, 2.24) is 5.32 Å². The molecule has 0 saturated heterocycles. The largest absolute Gasteiger partial charge is 0.469 e. The molecule has 2 aliphatic rings. The molecule has 0 bridgehead atoms. The summed E-state index contributed by atoms with van der Waals surface area (Å²) in [6, 6.07) is 3.68. The predicted octanol–water partition coefficient (Wildman–Crippen LogP) is 4.85. The number of carbonyl (C=O) groups is 2. The van der Waals surface area contributed by atoms with E-state index in [2.05, 4.69) is 16.0 Å². The Morgan fingerprint density at radius 2 is 1.58 bits per heavy atom. The Morgan fingerprint density at radius 1 is 1.00 bits per heavy atom. The molecular weight excluding hydrogens is 397 g/mol. The smallest absolute Gasteiger partial charge is 0.308 e. The van der Waals surface area contributed by atoms with Crippen LogP contribution >= 0.6 is 0 Å². The lowest BCUT2D eigenvalue weighted by Gasteiger charge is -2.25. The van der Waals surface area contributed by atoms with E-state index < -0.39 is 5.82 Å². The molecule has 1 amide bonds. The van der Waals surface area contributed by atoms with Gasteiger partial charge in [0.2, 0.25) is 0 Å². The average molecular weight is 434 g/mol. The summed E-state index contributed by atoms with van der Waals surface area (Å²) in [7, 11) is 1.35. The van der Waals surface area contributed by atoms with E-state index in [9.17, 15) is 14.0 Å². The van der Waals surface area contributed by atoms with E-state index in [4.69, 9.17) is 4.74 Å². The number of nitrogens with one attached hydrogen (secondary N) is 3. The second-order valence-corrected chi connectivity index (χ2v) is 8.95. The summed E-state index contributed by atoms with van der Waals surface area (Å²) in [4.78, 5) is 24.4. The summed E-state index contributed by atoms with van der Waals surface area (Å²) in [5.74, 6) is -1.35. The molecule has 0 spiro atoms. The Kier molecular flexibility index (Phi) is 8.55. The maximum absolute atomic E-state index is 14.9. The third-order valence-corrected chi connectivity index (χ3v) is 6.50. The van der Waals surface area contributed by atoms with Gasteiger partial charge in [-0.3, -0.25) is 9.59 Å². The first-order valence-electron chi connectivity index (χ1n) is 11.7. The van der Waals surface area contributed by atoms with E-state index in [1.807, 2.05) is 0 Å². The van der Waals surface area contributed by atoms with Crippen LogP contribution in [0, 0.1) is 11.7 Å². The maximum Gasteiger partial charge on any atom is 0.308 e. The van der Waals surface area contributed by atoms with Gasteiger partial charge in [0.05, 0.1) is 24.3 Å². The molecule has 0 heterocycles. The summed E-state index contributed by atoms with van der Waals surface area (Å²) in [6.07, 6.45) is 10.6. The Balaban J connectivity index is 1.72. The fourth-order valence-electron chi connectivity index (χ4n) is 4.56. The number of carbonyl (C=O) groups excluding carboxylic acids is 2. The van der Waals surface area contributed by atoms with Crippen LogP contribution in [0.3, 0.4) is 0 Å². The summed E-state index contributed by atoms with van der Waals surface area (Å²) < 4.78 is 19.7. The number of rotatable bonds is 9. The Bertz CT molecular complexity index is 759. The summed E-state index contributed by atoms with van der Waals surface area (Å²) in [6.45, 7) is 2.08. The standard InChI is InChI=1S/C24H36FN3O3/c1-16(24(30)31-2)12-13-26-23(29)19-14-20(25)22(28-18-8-4-3-5-9-18)15-21(19)27-17-10-6-7-11-17/h14-18,27-28H,3-13H2,1-2H3,(H,26,29). The third-order valence-electron chi connectivity index (χ3n) is 6.50. The number of anilines is 2. The van der Waals surface area contributed by atoms with Gasteiger partial charge >= 0.3 is 5.97 Å². The molecule has 31 heavy (non-hydrogen) atoms. The normalized spacial score (nSPS) is 18.4. The molecule has 1 aromatic rings. The van der Waals surface area contributed by atoms with Gasteiger partial charge in [-0.05, 0) is 44.2 Å². The van der Waals surface area contributed by atoms with Gasteiger partial charge in [0.15, 0.2) is 0 Å². The molecule has 2 aliphatic carbocycles. The second-order valence-electron chi connectivity index (χ2n) is 8.95. The summed E-state index contributed by atoms with van der Waals surface area (Å²) in [5.41, 5.74) is 1.44. The van der Waals surface area contributed by atoms with Crippen molar-refractivity contribution < 1.29 is 18.7 Å². The third kappa shape index (κ3) is 6.58. The molecular formula is C24H36FN3O3. The van der Waals surface area contributed by atoms with Gasteiger partial charge in [-0.2, -0.15) is 0 Å². The van der Waals surface area contributed by atoms with Crippen LogP contribution in [-0.2, 0) is 9.53 Å². The number of methoxy groups -OCH3 is 1. The molecule has 0 aromatic heterocycles. The van der Waals surface area contributed by atoms with Gasteiger partial charge in [0.1, 0.15) is 5.82 Å². The zero-order chi connectivity index (χ0) is 22.2. The molecule has 0 radical (unpaired) electrons. The van der Waals surface area contributed by atoms with Gasteiger partial charge in [-0.1, -0.05) is 39.0 Å². The first kappa shape index (κ1) is 23.4. The maximum atomic E-state index is 14.9. The summed E-state index contributed by atoms with van der Waals surface area (Å²) >= 11 is 0. The number of esters is 1. The zero-order valence-electron chi connectivity index (χ0n) is 18.8. The first-order valence-corrected chi connectivity index (χ1v) is 11.7. The summed E-state index contributed by atoms with van der Waals surface area (Å²) in [5, 5.41) is 9.67. The Morgan fingerprint density at radius 3 is 2.19 bits per heavy atom. The number of halogens is 1. The Labute approximate surface area is 184 Å². The highest BCUT2D eigenvalue weighted by Crippen LogP contribution is 2.31. The highest BCUT2D eigenvalue weighted by Gasteiger charge is 2.22. The lowest BCUT2D eigenvalue weighted by Crippen LogP contribution is -2.29. The molecule has 7 heteroatoms. The van der Waals surface area contributed by atoms with Crippen molar-refractivity contribution in [2.45, 2.75) is 83.2 Å². The minimum atomic E-state index is -0.407. The van der Waals surface area contributed by atoms with Gasteiger partial charge in [-0.25, -0.2) is 4.39 Å². The van der Waals surface area contributed by atoms with Crippen LogP contribution in [0.5, 0.6) is 0 Å². The molecule has 1 atom stereocenters. The van der Waals surface area contributed by atoms with Crippen LogP contribution in [0.25, 0.3) is 0 Å². The van der Waals surface area contributed by atoms with Gasteiger partial charge in [0, 0.05) is 24.3 Å². The second kappa shape index (κ2) is 11.3. The number of ether oxygens (including phenoxy) is 1. The van der Waals surface area contributed by atoms with E-state index >= 15 is 0 Å². The van der Waals surface area contributed by atoms with Crippen molar-refractivity contribution in [3.8, 4) is 0 Å². The average Bonchev–Trinajstić information content (AvgIpc) is 3.28. The van der Waals surface area contributed by atoms with Crippen LogP contribution in [0.1, 0.15) is 81.5 Å². The zero-order valence-corrected chi connectivity index (χ0v) is 18.8. The van der Waals surface area contributed by atoms with E-state index in [0.717, 1.165) is 38.5 Å². The van der Waals surface area contributed by atoms with Crippen molar-refractivity contribution in [2.75, 3.05) is 24.3 Å². The quantitative estimate of drug-likeness (QED) is 0.485. The fourth-order valence-corrected chi connectivity index (χ4v) is 4.56.